The van der Waals surface area contributed by atoms with Gasteiger partial charge in [0.15, 0.2) is 5.82 Å². The number of hydrogen-bond donors (Lipinski definition) is 0. The maximum atomic E-state index is 15.9. The fraction of sp³-hybridized carbons (Fsp3) is 0.357. The van der Waals surface area contributed by atoms with E-state index in [2.05, 4.69) is 19.9 Å². The van der Waals surface area contributed by atoms with Crippen LogP contribution in [0.25, 0.3) is 32.9 Å². The fourth-order valence-corrected chi connectivity index (χ4v) is 5.54. The van der Waals surface area contributed by atoms with Crippen LogP contribution >= 0.6 is 0 Å². The van der Waals surface area contributed by atoms with Crippen molar-refractivity contribution in [3.63, 3.8) is 0 Å². The van der Waals surface area contributed by atoms with Gasteiger partial charge in [0.1, 0.15) is 34.8 Å². The number of halogens is 2. The maximum Gasteiger partial charge on any atom is 0.410 e. The smallest absolute Gasteiger partial charge is 0.410 e. The Morgan fingerprint density at radius 2 is 1.89 bits per heavy atom. The Balaban J connectivity index is 1.36. The Labute approximate surface area is 213 Å². The van der Waals surface area contributed by atoms with Crippen molar-refractivity contribution >= 4 is 33.6 Å². The number of carbonyl (C=O) groups is 1. The van der Waals surface area contributed by atoms with Gasteiger partial charge in [-0.15, -0.1) is 0 Å². The van der Waals surface area contributed by atoms with Crippen molar-refractivity contribution in [3.05, 3.63) is 60.1 Å². The SMILES string of the molecule is Cc1c(F)ccc2cccc(-c3ncc4c(N5C[C@@H]6[C@H]5CCN6C(=O)OC(C)(C)C)ncnc4c3F)c12. The van der Waals surface area contributed by atoms with Gasteiger partial charge in [0.05, 0.1) is 17.5 Å². The summed E-state index contributed by atoms with van der Waals surface area (Å²) in [5.74, 6) is -0.332. The molecule has 0 aliphatic carbocycles. The minimum Gasteiger partial charge on any atom is -0.444 e. The molecule has 2 aromatic heterocycles. The van der Waals surface area contributed by atoms with E-state index < -0.39 is 11.4 Å². The van der Waals surface area contributed by atoms with Crippen LogP contribution in [0.15, 0.2) is 42.9 Å². The predicted octanol–water partition coefficient (Wildman–Crippen LogP) is 5.63. The number of carbonyl (C=O) groups excluding carboxylic acids is 1. The fourth-order valence-electron chi connectivity index (χ4n) is 5.54. The molecule has 4 heterocycles. The normalized spacial score (nSPS) is 19.3. The van der Waals surface area contributed by atoms with E-state index in [9.17, 15) is 9.18 Å². The second kappa shape index (κ2) is 8.33. The number of rotatable bonds is 2. The Kier molecular flexibility index (Phi) is 5.29. The van der Waals surface area contributed by atoms with E-state index in [1.807, 2.05) is 32.9 Å². The third-order valence-corrected chi connectivity index (χ3v) is 7.29. The van der Waals surface area contributed by atoms with Gasteiger partial charge in [0.2, 0.25) is 0 Å². The summed E-state index contributed by atoms with van der Waals surface area (Å²) in [7, 11) is 0. The number of fused-ring (bicyclic) bond motifs is 3. The topological polar surface area (TPSA) is 71.5 Å². The van der Waals surface area contributed by atoms with E-state index in [1.165, 1.54) is 12.4 Å². The molecule has 2 atom stereocenters. The zero-order valence-corrected chi connectivity index (χ0v) is 21.1. The molecule has 4 aromatic rings. The standard InChI is InChI=1S/C28H27F2N5O2/c1-15-19(29)9-8-16-6-5-7-17(22(15)16)24-23(30)25-18(12-31-24)26(33-14-32-25)35-13-21-20(35)10-11-34(21)27(36)37-28(2,3)4/h5-9,12,14,20-21H,10-11,13H2,1-4H3/t20-,21-/m1/s1. The molecule has 9 heteroatoms. The number of amides is 1. The van der Waals surface area contributed by atoms with Gasteiger partial charge in [-0.2, -0.15) is 0 Å². The molecule has 0 unspecified atom stereocenters. The van der Waals surface area contributed by atoms with Crippen LogP contribution in [0, 0.1) is 18.6 Å². The lowest BCUT2D eigenvalue weighted by atomic mass is 9.95. The first-order valence-corrected chi connectivity index (χ1v) is 12.4. The number of hydrogen-bond acceptors (Lipinski definition) is 6. The van der Waals surface area contributed by atoms with E-state index in [-0.39, 0.29) is 35.2 Å². The summed E-state index contributed by atoms with van der Waals surface area (Å²) in [6, 6.07) is 8.61. The molecule has 0 bridgehead atoms. The summed E-state index contributed by atoms with van der Waals surface area (Å²) < 4.78 is 35.9. The van der Waals surface area contributed by atoms with E-state index in [4.69, 9.17) is 4.74 Å². The molecule has 190 valence electrons. The van der Waals surface area contributed by atoms with E-state index in [0.29, 0.717) is 40.8 Å². The quantitative estimate of drug-likeness (QED) is 0.353. The molecule has 2 aliphatic heterocycles. The lowest BCUT2D eigenvalue weighted by Gasteiger charge is -2.47. The van der Waals surface area contributed by atoms with Gasteiger partial charge in [0, 0.05) is 24.8 Å². The minimum atomic E-state index is -0.573. The second-order valence-electron chi connectivity index (χ2n) is 10.7. The summed E-state index contributed by atoms with van der Waals surface area (Å²) in [4.78, 5) is 29.7. The third kappa shape index (κ3) is 3.75. The van der Waals surface area contributed by atoms with Gasteiger partial charge in [0.25, 0.3) is 0 Å². The first-order valence-electron chi connectivity index (χ1n) is 12.4. The van der Waals surface area contributed by atoms with Crippen LogP contribution in [-0.4, -0.2) is 56.7 Å². The van der Waals surface area contributed by atoms with Crippen molar-refractivity contribution in [2.24, 2.45) is 0 Å². The number of nitrogens with zero attached hydrogens (tertiary/aromatic N) is 5. The molecule has 2 aliphatic rings. The van der Waals surface area contributed by atoms with Crippen molar-refractivity contribution in [2.75, 3.05) is 18.0 Å². The molecule has 0 radical (unpaired) electrons. The third-order valence-electron chi connectivity index (χ3n) is 7.29. The lowest BCUT2D eigenvalue weighted by Crippen LogP contribution is -2.63. The highest BCUT2D eigenvalue weighted by atomic mass is 19.1. The molecular weight excluding hydrogens is 476 g/mol. The van der Waals surface area contributed by atoms with Crippen LogP contribution in [0.4, 0.5) is 19.4 Å². The van der Waals surface area contributed by atoms with Crippen molar-refractivity contribution in [3.8, 4) is 11.3 Å². The molecule has 2 saturated heterocycles. The Morgan fingerprint density at radius 3 is 2.68 bits per heavy atom. The molecule has 2 aromatic carbocycles. The Bertz CT molecular complexity index is 1570. The van der Waals surface area contributed by atoms with Gasteiger partial charge in [-0.1, -0.05) is 24.3 Å². The number of anilines is 1. The first kappa shape index (κ1) is 23.5. The number of pyridine rings is 1. The van der Waals surface area contributed by atoms with Gasteiger partial charge in [-0.25, -0.2) is 23.5 Å². The highest BCUT2D eigenvalue weighted by molar-refractivity contribution is 6.00. The average Bonchev–Trinajstić information content (AvgIpc) is 3.17. The van der Waals surface area contributed by atoms with Crippen molar-refractivity contribution in [1.82, 2.24) is 19.9 Å². The minimum absolute atomic E-state index is 0.0190. The first-order chi connectivity index (χ1) is 17.6. The monoisotopic (exact) mass is 503 g/mol. The van der Waals surface area contributed by atoms with E-state index in [0.717, 1.165) is 11.8 Å². The van der Waals surface area contributed by atoms with Gasteiger partial charge >= 0.3 is 6.09 Å². The molecular formula is C28H27F2N5O2. The van der Waals surface area contributed by atoms with E-state index in [1.54, 1.807) is 30.2 Å². The zero-order valence-electron chi connectivity index (χ0n) is 21.1. The molecule has 37 heavy (non-hydrogen) atoms. The molecule has 0 N–H and O–H groups in total. The van der Waals surface area contributed by atoms with Crippen LogP contribution in [0.3, 0.4) is 0 Å². The van der Waals surface area contributed by atoms with Gasteiger partial charge in [-0.3, -0.25) is 4.98 Å². The number of benzene rings is 2. The van der Waals surface area contributed by atoms with E-state index >= 15 is 4.39 Å². The molecule has 0 saturated carbocycles. The largest absolute Gasteiger partial charge is 0.444 e. The summed E-state index contributed by atoms with van der Waals surface area (Å²) in [5.41, 5.74) is 0.681. The summed E-state index contributed by atoms with van der Waals surface area (Å²) in [6.07, 6.45) is 3.40. The summed E-state index contributed by atoms with van der Waals surface area (Å²) >= 11 is 0. The maximum absolute atomic E-state index is 15.9. The molecule has 2 fully saturated rings. The predicted molar refractivity (Wildman–Crippen MR) is 137 cm³/mol. The average molecular weight is 504 g/mol. The van der Waals surface area contributed by atoms with Crippen LogP contribution in [-0.2, 0) is 4.74 Å². The van der Waals surface area contributed by atoms with Crippen LogP contribution in [0.1, 0.15) is 32.8 Å². The van der Waals surface area contributed by atoms with Crippen molar-refractivity contribution in [2.45, 2.75) is 51.8 Å². The molecule has 1 amide bonds. The second-order valence-corrected chi connectivity index (χ2v) is 10.7. The highest BCUT2D eigenvalue weighted by Gasteiger charge is 2.50. The summed E-state index contributed by atoms with van der Waals surface area (Å²) in [6.45, 7) is 8.40. The van der Waals surface area contributed by atoms with Crippen molar-refractivity contribution in [1.29, 1.82) is 0 Å². The van der Waals surface area contributed by atoms with Gasteiger partial charge < -0.3 is 14.5 Å². The zero-order chi connectivity index (χ0) is 26.1. The highest BCUT2D eigenvalue weighted by Crippen LogP contribution is 2.40. The number of aromatic nitrogens is 3. The molecule has 0 spiro atoms. The Morgan fingerprint density at radius 1 is 1.08 bits per heavy atom. The molecule has 7 nitrogen and oxygen atoms in total. The van der Waals surface area contributed by atoms with Crippen molar-refractivity contribution < 1.29 is 18.3 Å². The molecule has 6 rings (SSSR count). The lowest BCUT2D eigenvalue weighted by molar-refractivity contribution is 0.0193. The Hall–Kier alpha value is -3.88. The number of likely N-dealkylation sites (tertiary alicyclic amines) is 1. The van der Waals surface area contributed by atoms with Crippen LogP contribution in [0.5, 0.6) is 0 Å². The summed E-state index contributed by atoms with van der Waals surface area (Å²) in [5, 5.41) is 1.94. The van der Waals surface area contributed by atoms with Crippen LogP contribution in [0.2, 0.25) is 0 Å². The number of ether oxygens (including phenoxy) is 1. The number of aryl methyl sites for hydroxylation is 1. The van der Waals surface area contributed by atoms with Gasteiger partial charge in [-0.05, 0) is 56.5 Å². The van der Waals surface area contributed by atoms with Crippen LogP contribution < -0.4 is 4.90 Å².